The normalized spacial score (nSPS) is 15.8. The van der Waals surface area contributed by atoms with Crippen molar-refractivity contribution in [1.82, 2.24) is 10.2 Å². The van der Waals surface area contributed by atoms with Crippen molar-refractivity contribution in [1.29, 1.82) is 0 Å². The van der Waals surface area contributed by atoms with Crippen molar-refractivity contribution < 1.29 is 23.8 Å². The van der Waals surface area contributed by atoms with Crippen LogP contribution in [0.2, 0.25) is 0 Å². The first-order chi connectivity index (χ1) is 22.3. The number of aryl methyl sites for hydroxylation is 2. The molecule has 6 rings (SSSR count). The van der Waals surface area contributed by atoms with Gasteiger partial charge in [-0.15, -0.1) is 10.2 Å². The molecular formula is C36H30FN3O4S2. The van der Waals surface area contributed by atoms with E-state index >= 15 is 0 Å². The number of amides is 1. The van der Waals surface area contributed by atoms with E-state index in [1.165, 1.54) is 22.7 Å². The molecule has 0 aliphatic carbocycles. The largest absolute Gasteiger partial charge is 0.507 e. The van der Waals surface area contributed by atoms with Gasteiger partial charge < -0.3 is 9.84 Å². The van der Waals surface area contributed by atoms with E-state index in [1.54, 1.807) is 42.5 Å². The van der Waals surface area contributed by atoms with Gasteiger partial charge in [0.05, 0.1) is 11.6 Å². The zero-order chi connectivity index (χ0) is 32.2. The first kappa shape index (κ1) is 31.2. The summed E-state index contributed by atoms with van der Waals surface area (Å²) in [5.74, 6) is -1.32. The van der Waals surface area contributed by atoms with Gasteiger partial charge >= 0.3 is 5.91 Å². The molecule has 0 radical (unpaired) electrons. The molecule has 1 unspecified atom stereocenters. The molecule has 7 nitrogen and oxygen atoms in total. The fourth-order valence-electron chi connectivity index (χ4n) is 5.19. The Morgan fingerprint density at radius 3 is 2.33 bits per heavy atom. The van der Waals surface area contributed by atoms with E-state index in [0.717, 1.165) is 34.4 Å². The van der Waals surface area contributed by atoms with Crippen molar-refractivity contribution in [2.75, 3.05) is 4.90 Å². The number of carbonyl (C=O) groups is 2. The number of nitrogens with zero attached hydrogens (tertiary/aromatic N) is 3. The van der Waals surface area contributed by atoms with Gasteiger partial charge in [-0.2, -0.15) is 0 Å². The standard InChI is InChI=1S/C36H30FN3O4S2/c1-3-23-12-14-24(15-13-23)31-30(32(41)25-16-18-28(19-17-25)44-20-26-9-5-4-8-22(26)2)33(42)34(43)40(31)35-38-39-36(46-35)45-21-27-10-6-7-11-29(27)37/h4-19,31,41H,3,20-21H2,1-2H3/b32-30+. The van der Waals surface area contributed by atoms with Crippen LogP contribution in [-0.2, 0) is 28.4 Å². The summed E-state index contributed by atoms with van der Waals surface area (Å²) in [6.07, 6.45) is 0.817. The number of halogens is 1. The molecule has 1 saturated heterocycles. The van der Waals surface area contributed by atoms with Crippen LogP contribution in [0.5, 0.6) is 5.75 Å². The van der Waals surface area contributed by atoms with E-state index in [-0.39, 0.29) is 22.3 Å². The van der Waals surface area contributed by atoms with Gasteiger partial charge in [-0.1, -0.05) is 96.8 Å². The minimum absolute atomic E-state index is 0.0430. The number of ketones is 1. The smallest absolute Gasteiger partial charge is 0.301 e. The van der Waals surface area contributed by atoms with Crippen LogP contribution in [-0.4, -0.2) is 27.0 Å². The van der Waals surface area contributed by atoms with Gasteiger partial charge in [-0.3, -0.25) is 14.5 Å². The summed E-state index contributed by atoms with van der Waals surface area (Å²) in [5.41, 5.74) is 4.77. The minimum Gasteiger partial charge on any atom is -0.507 e. The monoisotopic (exact) mass is 651 g/mol. The lowest BCUT2D eigenvalue weighted by Gasteiger charge is -2.22. The molecule has 10 heteroatoms. The van der Waals surface area contributed by atoms with Crippen LogP contribution in [0.4, 0.5) is 9.52 Å². The molecule has 0 bridgehead atoms. The molecular weight excluding hydrogens is 622 g/mol. The van der Waals surface area contributed by atoms with E-state index in [9.17, 15) is 19.1 Å². The number of aliphatic hydroxyl groups excluding tert-OH is 1. The molecule has 1 aliphatic rings. The van der Waals surface area contributed by atoms with Crippen LogP contribution in [0.1, 0.15) is 46.3 Å². The number of anilines is 1. The molecule has 1 N–H and O–H groups in total. The van der Waals surface area contributed by atoms with E-state index in [0.29, 0.717) is 39.1 Å². The zero-order valence-corrected chi connectivity index (χ0v) is 26.8. The van der Waals surface area contributed by atoms with Crippen LogP contribution in [0.3, 0.4) is 0 Å². The number of hydrogen-bond donors (Lipinski definition) is 1. The van der Waals surface area contributed by atoms with E-state index in [1.807, 2.05) is 62.4 Å². The summed E-state index contributed by atoms with van der Waals surface area (Å²) in [7, 11) is 0. The topological polar surface area (TPSA) is 92.6 Å². The minimum atomic E-state index is -0.930. The number of thioether (sulfide) groups is 1. The molecule has 46 heavy (non-hydrogen) atoms. The third-order valence-electron chi connectivity index (χ3n) is 7.84. The Morgan fingerprint density at radius 1 is 0.935 bits per heavy atom. The number of Topliss-reactive ketones (excluding diaryl/α,β-unsaturated/α-hetero) is 1. The van der Waals surface area contributed by atoms with Gasteiger partial charge in [0.2, 0.25) is 5.13 Å². The molecule has 5 aromatic rings. The van der Waals surface area contributed by atoms with Crippen molar-refractivity contribution in [3.63, 3.8) is 0 Å². The molecule has 232 valence electrons. The summed E-state index contributed by atoms with van der Waals surface area (Å²) in [4.78, 5) is 28.5. The highest BCUT2D eigenvalue weighted by Crippen LogP contribution is 2.44. The number of benzene rings is 4. The van der Waals surface area contributed by atoms with Crippen molar-refractivity contribution in [3.8, 4) is 5.75 Å². The third kappa shape index (κ3) is 6.45. The van der Waals surface area contributed by atoms with Gasteiger partial charge in [0.25, 0.3) is 5.78 Å². The molecule has 0 saturated carbocycles. The van der Waals surface area contributed by atoms with E-state index < -0.39 is 17.7 Å². The molecule has 4 aromatic carbocycles. The fraction of sp³-hybridized carbons (Fsp3) is 0.167. The maximum absolute atomic E-state index is 14.2. The SMILES string of the molecule is CCc1ccc(C2/C(=C(\O)c3ccc(OCc4ccccc4C)cc3)C(=O)C(=O)N2c2nnc(SCc3ccccc3F)s2)cc1. The number of ether oxygens (including phenoxy) is 1. The number of aromatic nitrogens is 2. The van der Waals surface area contributed by atoms with Gasteiger partial charge in [0.15, 0.2) is 4.34 Å². The Hall–Kier alpha value is -4.80. The molecule has 1 aliphatic heterocycles. The lowest BCUT2D eigenvalue weighted by molar-refractivity contribution is -0.132. The van der Waals surface area contributed by atoms with Crippen LogP contribution in [0.25, 0.3) is 5.76 Å². The first-order valence-electron chi connectivity index (χ1n) is 14.7. The lowest BCUT2D eigenvalue weighted by Crippen LogP contribution is -2.29. The lowest BCUT2D eigenvalue weighted by atomic mass is 9.94. The van der Waals surface area contributed by atoms with Crippen molar-refractivity contribution in [2.24, 2.45) is 0 Å². The number of rotatable bonds is 10. The van der Waals surface area contributed by atoms with E-state index in [2.05, 4.69) is 10.2 Å². The van der Waals surface area contributed by atoms with Crippen molar-refractivity contribution in [3.05, 3.63) is 142 Å². The Labute approximate surface area is 274 Å². The summed E-state index contributed by atoms with van der Waals surface area (Å²) in [5, 5.41) is 20.2. The molecule has 0 spiro atoms. The maximum Gasteiger partial charge on any atom is 0.301 e. The number of hydrogen-bond acceptors (Lipinski definition) is 8. The number of carbonyl (C=O) groups excluding carboxylic acids is 2. The number of aliphatic hydroxyl groups is 1. The van der Waals surface area contributed by atoms with Crippen LogP contribution in [0.15, 0.2) is 107 Å². The Morgan fingerprint density at radius 2 is 1.63 bits per heavy atom. The average molecular weight is 652 g/mol. The van der Waals surface area contributed by atoms with Crippen LogP contribution in [0, 0.1) is 12.7 Å². The molecule has 1 amide bonds. The Balaban J connectivity index is 1.31. The van der Waals surface area contributed by atoms with Crippen molar-refractivity contribution >= 4 is 45.7 Å². The molecule has 1 atom stereocenters. The van der Waals surface area contributed by atoms with Crippen molar-refractivity contribution in [2.45, 2.75) is 43.0 Å². The predicted octanol–water partition coefficient (Wildman–Crippen LogP) is 8.05. The maximum atomic E-state index is 14.2. The highest BCUT2D eigenvalue weighted by Gasteiger charge is 2.48. The first-order valence-corrected chi connectivity index (χ1v) is 16.5. The fourth-order valence-corrected chi connectivity index (χ4v) is 7.05. The van der Waals surface area contributed by atoms with Gasteiger partial charge in [-0.25, -0.2) is 4.39 Å². The Kier molecular flexibility index (Phi) is 9.28. The Bertz CT molecular complexity index is 1920. The summed E-state index contributed by atoms with van der Waals surface area (Å²) in [6, 6.07) is 27.9. The second kappa shape index (κ2) is 13.7. The quantitative estimate of drug-likeness (QED) is 0.0537. The van der Waals surface area contributed by atoms with Crippen LogP contribution < -0.4 is 9.64 Å². The summed E-state index contributed by atoms with van der Waals surface area (Å²) in [6.45, 7) is 4.45. The van der Waals surface area contributed by atoms with Gasteiger partial charge in [0, 0.05) is 11.3 Å². The molecule has 1 fully saturated rings. The zero-order valence-electron chi connectivity index (χ0n) is 25.1. The second-order valence-corrected chi connectivity index (χ2v) is 12.9. The van der Waals surface area contributed by atoms with Crippen LogP contribution >= 0.6 is 23.1 Å². The van der Waals surface area contributed by atoms with Gasteiger partial charge in [0.1, 0.15) is 23.9 Å². The average Bonchev–Trinajstić information content (AvgIpc) is 3.65. The van der Waals surface area contributed by atoms with Gasteiger partial charge in [-0.05, 0) is 71.5 Å². The molecule has 2 heterocycles. The third-order valence-corrected chi connectivity index (χ3v) is 9.95. The highest BCUT2D eigenvalue weighted by molar-refractivity contribution is 8.00. The predicted molar refractivity (Wildman–Crippen MR) is 178 cm³/mol. The highest BCUT2D eigenvalue weighted by atomic mass is 32.2. The molecule has 1 aromatic heterocycles. The second-order valence-electron chi connectivity index (χ2n) is 10.7. The summed E-state index contributed by atoms with van der Waals surface area (Å²) < 4.78 is 20.6. The van der Waals surface area contributed by atoms with E-state index in [4.69, 9.17) is 4.74 Å². The summed E-state index contributed by atoms with van der Waals surface area (Å²) >= 11 is 2.42.